The molecular weight excluding hydrogens is 260 g/mol. The summed E-state index contributed by atoms with van der Waals surface area (Å²) < 4.78 is 5.29. The maximum Gasteiger partial charge on any atom is 0.326 e. The highest BCUT2D eigenvalue weighted by Gasteiger charge is 2.50. The maximum atomic E-state index is 12.2. The van der Waals surface area contributed by atoms with Crippen molar-refractivity contribution >= 4 is 5.97 Å². The Bertz CT molecular complexity index is 598. The Morgan fingerprint density at radius 2 is 2.00 bits per heavy atom. The van der Waals surface area contributed by atoms with Crippen molar-refractivity contribution in [3.8, 4) is 0 Å². The Labute approximate surface area is 115 Å². The zero-order valence-electron chi connectivity index (χ0n) is 11.2. The van der Waals surface area contributed by atoms with E-state index in [1.807, 2.05) is 0 Å². The molecule has 6 heteroatoms. The van der Waals surface area contributed by atoms with Crippen LogP contribution in [0, 0.1) is 11.3 Å². The van der Waals surface area contributed by atoms with E-state index in [9.17, 15) is 14.4 Å². The Morgan fingerprint density at radius 1 is 1.25 bits per heavy atom. The van der Waals surface area contributed by atoms with E-state index >= 15 is 0 Å². The number of hydrogen-bond donors (Lipinski definition) is 2. The minimum atomic E-state index is -0.583. The largest absolute Gasteiger partial charge is 0.459 e. The lowest BCUT2D eigenvalue weighted by Crippen LogP contribution is -2.38. The van der Waals surface area contributed by atoms with Crippen molar-refractivity contribution in [1.29, 1.82) is 0 Å². The van der Waals surface area contributed by atoms with E-state index in [-0.39, 0.29) is 23.9 Å². The fraction of sp³-hybridized carbons (Fsp3) is 0.643. The van der Waals surface area contributed by atoms with Gasteiger partial charge in [-0.1, -0.05) is 12.8 Å². The molecule has 0 aromatic carbocycles. The summed E-state index contributed by atoms with van der Waals surface area (Å²) in [7, 11) is 0. The first-order valence-electron chi connectivity index (χ1n) is 7.08. The maximum absolute atomic E-state index is 12.2. The minimum Gasteiger partial charge on any atom is -0.459 e. The number of carbonyl (C=O) groups is 1. The van der Waals surface area contributed by atoms with Crippen molar-refractivity contribution in [3.05, 3.63) is 32.6 Å². The van der Waals surface area contributed by atoms with Crippen molar-refractivity contribution < 1.29 is 9.53 Å². The van der Waals surface area contributed by atoms with Crippen LogP contribution in [-0.4, -0.2) is 15.9 Å². The summed E-state index contributed by atoms with van der Waals surface area (Å²) in [5, 5.41) is 0. The SMILES string of the molecule is O=C(OCc1cc(=O)[nH]c(=O)[nH]1)C1CCCC12CCC2. The number of carbonyl (C=O) groups excluding carboxylic acids is 1. The molecule has 2 aliphatic carbocycles. The first kappa shape index (κ1) is 13.1. The van der Waals surface area contributed by atoms with Crippen molar-refractivity contribution in [2.24, 2.45) is 11.3 Å². The molecule has 1 aromatic rings. The summed E-state index contributed by atoms with van der Waals surface area (Å²) in [4.78, 5) is 39.0. The summed E-state index contributed by atoms with van der Waals surface area (Å²) >= 11 is 0. The second kappa shape index (κ2) is 4.92. The van der Waals surface area contributed by atoms with E-state index in [1.165, 1.54) is 12.5 Å². The number of rotatable bonds is 3. The second-order valence-corrected chi connectivity index (χ2v) is 5.88. The molecule has 1 heterocycles. The minimum absolute atomic E-state index is 0.00929. The molecule has 6 nitrogen and oxygen atoms in total. The standard InChI is InChI=1S/C14H18N2O4/c17-11-7-9(15-13(19)16-11)8-20-12(18)10-3-1-4-14(10)5-2-6-14/h7,10H,1-6,8H2,(H2,15,16,17,19). The lowest BCUT2D eigenvalue weighted by atomic mass is 9.62. The van der Waals surface area contributed by atoms with E-state index in [0.717, 1.165) is 32.1 Å². The third kappa shape index (κ3) is 2.30. The molecule has 2 saturated carbocycles. The van der Waals surface area contributed by atoms with E-state index in [1.54, 1.807) is 0 Å². The fourth-order valence-electron chi connectivity index (χ4n) is 3.58. The normalized spacial score (nSPS) is 23.5. The highest BCUT2D eigenvalue weighted by molar-refractivity contribution is 5.74. The lowest BCUT2D eigenvalue weighted by molar-refractivity contribution is -0.156. The van der Waals surface area contributed by atoms with Gasteiger partial charge in [0.1, 0.15) is 6.61 Å². The first-order chi connectivity index (χ1) is 9.59. The Balaban J connectivity index is 1.65. The third-order valence-corrected chi connectivity index (χ3v) is 4.73. The number of aromatic nitrogens is 2. The van der Waals surface area contributed by atoms with Gasteiger partial charge in [-0.25, -0.2) is 4.79 Å². The lowest BCUT2D eigenvalue weighted by Gasteiger charge is -2.42. The van der Waals surface area contributed by atoms with Gasteiger partial charge in [0, 0.05) is 6.07 Å². The molecule has 0 saturated heterocycles. The van der Waals surface area contributed by atoms with Crippen LogP contribution in [0.2, 0.25) is 0 Å². The molecule has 1 aromatic heterocycles. The molecular formula is C14H18N2O4. The zero-order valence-corrected chi connectivity index (χ0v) is 11.2. The quantitative estimate of drug-likeness (QED) is 0.809. The summed E-state index contributed by atoms with van der Waals surface area (Å²) in [5.41, 5.74) is -0.567. The molecule has 20 heavy (non-hydrogen) atoms. The van der Waals surface area contributed by atoms with Crippen LogP contribution in [-0.2, 0) is 16.1 Å². The molecule has 0 radical (unpaired) electrons. The average Bonchev–Trinajstić information content (AvgIpc) is 2.79. The van der Waals surface area contributed by atoms with E-state index in [0.29, 0.717) is 5.69 Å². The van der Waals surface area contributed by atoms with Crippen LogP contribution in [0.25, 0.3) is 0 Å². The van der Waals surface area contributed by atoms with Gasteiger partial charge in [0.05, 0.1) is 11.6 Å². The molecule has 0 bridgehead atoms. The predicted octanol–water partition coefficient (Wildman–Crippen LogP) is 1.08. The molecule has 2 fully saturated rings. The fourth-order valence-corrected chi connectivity index (χ4v) is 3.58. The smallest absolute Gasteiger partial charge is 0.326 e. The first-order valence-corrected chi connectivity index (χ1v) is 7.08. The van der Waals surface area contributed by atoms with Crippen LogP contribution in [0.3, 0.4) is 0 Å². The molecule has 3 rings (SSSR count). The molecule has 0 amide bonds. The van der Waals surface area contributed by atoms with Gasteiger partial charge in [0.25, 0.3) is 5.56 Å². The zero-order chi connectivity index (χ0) is 14.2. The molecule has 1 atom stereocenters. The summed E-state index contributed by atoms with van der Waals surface area (Å²) in [5.74, 6) is -0.201. The highest BCUT2D eigenvalue weighted by Crippen LogP contribution is 2.57. The molecule has 2 aliphatic rings. The Hall–Kier alpha value is -1.85. The number of esters is 1. The van der Waals surface area contributed by atoms with Gasteiger partial charge < -0.3 is 9.72 Å². The van der Waals surface area contributed by atoms with Crippen molar-refractivity contribution in [3.63, 3.8) is 0 Å². The number of hydrogen-bond acceptors (Lipinski definition) is 4. The van der Waals surface area contributed by atoms with E-state index in [2.05, 4.69) is 9.97 Å². The predicted molar refractivity (Wildman–Crippen MR) is 71.1 cm³/mol. The van der Waals surface area contributed by atoms with Crippen LogP contribution in [0.15, 0.2) is 15.7 Å². The van der Waals surface area contributed by atoms with E-state index in [4.69, 9.17) is 4.74 Å². The number of ether oxygens (including phenoxy) is 1. The van der Waals surface area contributed by atoms with Crippen molar-refractivity contribution in [2.75, 3.05) is 0 Å². The Kier molecular flexibility index (Phi) is 3.23. The highest BCUT2D eigenvalue weighted by atomic mass is 16.5. The van der Waals surface area contributed by atoms with Gasteiger partial charge in [-0.05, 0) is 31.1 Å². The van der Waals surface area contributed by atoms with Gasteiger partial charge in [-0.15, -0.1) is 0 Å². The topological polar surface area (TPSA) is 92.0 Å². The van der Waals surface area contributed by atoms with Crippen molar-refractivity contribution in [2.45, 2.75) is 45.1 Å². The van der Waals surface area contributed by atoms with Crippen molar-refractivity contribution in [1.82, 2.24) is 9.97 Å². The van der Waals surface area contributed by atoms with Crippen LogP contribution in [0.1, 0.15) is 44.2 Å². The van der Waals surface area contributed by atoms with E-state index < -0.39 is 11.2 Å². The number of H-pyrrole nitrogens is 2. The van der Waals surface area contributed by atoms with Gasteiger partial charge >= 0.3 is 11.7 Å². The molecule has 1 spiro atoms. The van der Waals surface area contributed by atoms with Gasteiger partial charge in [0.15, 0.2) is 0 Å². The molecule has 2 N–H and O–H groups in total. The van der Waals surface area contributed by atoms with Gasteiger partial charge in [-0.2, -0.15) is 0 Å². The monoisotopic (exact) mass is 278 g/mol. The number of aromatic amines is 2. The molecule has 1 unspecified atom stereocenters. The molecule has 0 aliphatic heterocycles. The average molecular weight is 278 g/mol. The Morgan fingerprint density at radius 3 is 2.65 bits per heavy atom. The van der Waals surface area contributed by atoms with Gasteiger partial charge in [-0.3, -0.25) is 14.6 Å². The summed E-state index contributed by atoms with van der Waals surface area (Å²) in [6, 6.07) is 1.24. The van der Waals surface area contributed by atoms with Gasteiger partial charge in [0.2, 0.25) is 0 Å². The second-order valence-electron chi connectivity index (χ2n) is 5.88. The third-order valence-electron chi connectivity index (χ3n) is 4.73. The number of nitrogens with one attached hydrogen (secondary N) is 2. The van der Waals surface area contributed by atoms with Crippen LogP contribution in [0.5, 0.6) is 0 Å². The van der Waals surface area contributed by atoms with Crippen LogP contribution < -0.4 is 11.2 Å². The summed E-state index contributed by atoms with van der Waals surface area (Å²) in [6.07, 6.45) is 6.54. The van der Waals surface area contributed by atoms with Crippen LogP contribution >= 0.6 is 0 Å². The molecule has 108 valence electrons. The summed E-state index contributed by atoms with van der Waals surface area (Å²) in [6.45, 7) is -0.0510. The van der Waals surface area contributed by atoms with Crippen LogP contribution in [0.4, 0.5) is 0 Å².